The van der Waals surface area contributed by atoms with Crippen molar-refractivity contribution in [3.63, 3.8) is 0 Å². The predicted octanol–water partition coefficient (Wildman–Crippen LogP) is 4.91. The number of aromatic nitrogens is 2. The first-order chi connectivity index (χ1) is 11.3. The lowest BCUT2D eigenvalue weighted by Gasteiger charge is -2.07. The molecule has 0 spiro atoms. The van der Waals surface area contributed by atoms with Crippen molar-refractivity contribution in [1.29, 1.82) is 0 Å². The Labute approximate surface area is 134 Å². The summed E-state index contributed by atoms with van der Waals surface area (Å²) in [6.45, 7) is 0. The third-order valence-electron chi connectivity index (χ3n) is 4.06. The average molecular weight is 300 g/mol. The molecule has 0 saturated heterocycles. The lowest BCUT2D eigenvalue weighted by molar-refractivity contribution is 0.415. The molecule has 0 saturated carbocycles. The normalized spacial score (nSPS) is 10.8. The van der Waals surface area contributed by atoms with Crippen molar-refractivity contribution in [2.75, 3.05) is 7.11 Å². The third kappa shape index (κ3) is 2.46. The van der Waals surface area contributed by atoms with E-state index in [0.717, 1.165) is 33.5 Å². The molecule has 1 aromatic heterocycles. The average Bonchev–Trinajstić information content (AvgIpc) is 3.11. The fourth-order valence-electron chi connectivity index (χ4n) is 2.85. The Bertz CT molecular complexity index is 958. The minimum Gasteiger partial charge on any atom is -0.497 e. The molecule has 4 rings (SSSR count). The molecule has 112 valence electrons. The summed E-state index contributed by atoms with van der Waals surface area (Å²) in [4.78, 5) is 0. The number of ether oxygens (including phenoxy) is 1. The monoisotopic (exact) mass is 300 g/mol. The van der Waals surface area contributed by atoms with Gasteiger partial charge in [0.2, 0.25) is 0 Å². The van der Waals surface area contributed by atoms with Gasteiger partial charge in [-0.15, -0.1) is 0 Å². The van der Waals surface area contributed by atoms with Gasteiger partial charge in [0.25, 0.3) is 0 Å². The van der Waals surface area contributed by atoms with E-state index in [1.165, 1.54) is 5.39 Å². The maximum Gasteiger partial charge on any atom is 0.119 e. The van der Waals surface area contributed by atoms with Gasteiger partial charge < -0.3 is 4.74 Å². The molecule has 0 amide bonds. The lowest BCUT2D eigenvalue weighted by atomic mass is 9.99. The maximum absolute atomic E-state index is 5.29. The van der Waals surface area contributed by atoms with E-state index in [-0.39, 0.29) is 0 Å². The zero-order valence-corrected chi connectivity index (χ0v) is 12.8. The van der Waals surface area contributed by atoms with Crippen LogP contribution in [0.25, 0.3) is 33.2 Å². The fraction of sp³-hybridized carbons (Fsp3) is 0.0500. The zero-order valence-electron chi connectivity index (χ0n) is 12.8. The van der Waals surface area contributed by atoms with Gasteiger partial charge in [-0.3, -0.25) is 5.10 Å². The van der Waals surface area contributed by atoms with Crippen molar-refractivity contribution >= 4 is 10.8 Å². The first-order valence-electron chi connectivity index (χ1n) is 7.52. The number of nitrogens with zero attached hydrogens (tertiary/aromatic N) is 1. The maximum atomic E-state index is 5.29. The summed E-state index contributed by atoms with van der Waals surface area (Å²) >= 11 is 0. The van der Waals surface area contributed by atoms with Crippen LogP contribution < -0.4 is 4.74 Å². The number of hydrogen-bond donors (Lipinski definition) is 1. The standard InChI is InChI=1S/C20H16N2O/c1-23-18-10-9-15-11-17(8-7-16(15)12-18)19-13-21-22-20(19)14-5-3-2-4-6-14/h2-13H,1H3,(H,21,22). The highest BCUT2D eigenvalue weighted by Gasteiger charge is 2.10. The molecule has 0 aliphatic carbocycles. The molecule has 0 bridgehead atoms. The summed E-state index contributed by atoms with van der Waals surface area (Å²) < 4.78 is 5.29. The molecule has 4 aromatic rings. The van der Waals surface area contributed by atoms with Crippen molar-refractivity contribution in [3.05, 3.63) is 72.9 Å². The van der Waals surface area contributed by atoms with E-state index in [4.69, 9.17) is 4.74 Å². The molecule has 23 heavy (non-hydrogen) atoms. The molecule has 0 unspecified atom stereocenters. The van der Waals surface area contributed by atoms with Crippen LogP contribution in [-0.2, 0) is 0 Å². The van der Waals surface area contributed by atoms with Crippen LogP contribution in [-0.4, -0.2) is 17.3 Å². The largest absolute Gasteiger partial charge is 0.497 e. The minimum atomic E-state index is 0.874. The lowest BCUT2D eigenvalue weighted by Crippen LogP contribution is -1.84. The summed E-state index contributed by atoms with van der Waals surface area (Å²) in [5, 5.41) is 9.70. The van der Waals surface area contributed by atoms with Crippen LogP contribution in [0.5, 0.6) is 5.75 Å². The third-order valence-corrected chi connectivity index (χ3v) is 4.06. The van der Waals surface area contributed by atoms with Crippen molar-refractivity contribution in [3.8, 4) is 28.1 Å². The smallest absolute Gasteiger partial charge is 0.119 e. The number of methoxy groups -OCH3 is 1. The fourth-order valence-corrected chi connectivity index (χ4v) is 2.85. The second-order valence-corrected chi connectivity index (χ2v) is 5.45. The summed E-state index contributed by atoms with van der Waals surface area (Å²) in [5.74, 6) is 0.874. The molecule has 0 atom stereocenters. The van der Waals surface area contributed by atoms with Crippen molar-refractivity contribution in [1.82, 2.24) is 10.2 Å². The predicted molar refractivity (Wildman–Crippen MR) is 93.5 cm³/mol. The number of hydrogen-bond acceptors (Lipinski definition) is 2. The van der Waals surface area contributed by atoms with Crippen LogP contribution in [0.15, 0.2) is 72.9 Å². The first-order valence-corrected chi connectivity index (χ1v) is 7.52. The van der Waals surface area contributed by atoms with Gasteiger partial charge in [-0.25, -0.2) is 0 Å². The number of benzene rings is 3. The van der Waals surface area contributed by atoms with E-state index in [2.05, 4.69) is 46.6 Å². The molecule has 3 nitrogen and oxygen atoms in total. The van der Waals surface area contributed by atoms with Crippen LogP contribution in [0.1, 0.15) is 0 Å². The van der Waals surface area contributed by atoms with E-state index < -0.39 is 0 Å². The van der Waals surface area contributed by atoms with Crippen molar-refractivity contribution in [2.45, 2.75) is 0 Å². The first kappa shape index (κ1) is 13.6. The van der Waals surface area contributed by atoms with Gasteiger partial charge in [-0.05, 0) is 34.5 Å². The van der Waals surface area contributed by atoms with Gasteiger partial charge in [0, 0.05) is 11.1 Å². The molecule has 0 aliphatic rings. The van der Waals surface area contributed by atoms with E-state index in [0.29, 0.717) is 0 Å². The van der Waals surface area contributed by atoms with Gasteiger partial charge >= 0.3 is 0 Å². The van der Waals surface area contributed by atoms with Crippen LogP contribution in [0.3, 0.4) is 0 Å². The van der Waals surface area contributed by atoms with Gasteiger partial charge in [0.05, 0.1) is 19.0 Å². The minimum absolute atomic E-state index is 0.874. The Kier molecular flexibility index (Phi) is 3.31. The Morgan fingerprint density at radius 1 is 0.826 bits per heavy atom. The summed E-state index contributed by atoms with van der Waals surface area (Å²) in [6.07, 6.45) is 1.88. The second-order valence-electron chi connectivity index (χ2n) is 5.45. The molecule has 3 aromatic carbocycles. The molecule has 3 heteroatoms. The van der Waals surface area contributed by atoms with E-state index >= 15 is 0 Å². The van der Waals surface area contributed by atoms with E-state index in [1.54, 1.807) is 7.11 Å². The van der Waals surface area contributed by atoms with Crippen LogP contribution in [0, 0.1) is 0 Å². The van der Waals surface area contributed by atoms with Gasteiger partial charge in [-0.1, -0.05) is 48.5 Å². The number of fused-ring (bicyclic) bond motifs is 1. The second kappa shape index (κ2) is 5.61. The topological polar surface area (TPSA) is 37.9 Å². The van der Waals surface area contributed by atoms with Gasteiger partial charge in [0.1, 0.15) is 5.75 Å². The number of rotatable bonds is 3. The quantitative estimate of drug-likeness (QED) is 0.584. The van der Waals surface area contributed by atoms with Crippen molar-refractivity contribution in [2.24, 2.45) is 0 Å². The number of nitrogens with one attached hydrogen (secondary N) is 1. The molecular formula is C20H16N2O. The highest BCUT2D eigenvalue weighted by molar-refractivity contribution is 5.90. The van der Waals surface area contributed by atoms with Gasteiger partial charge in [-0.2, -0.15) is 5.10 Å². The van der Waals surface area contributed by atoms with Gasteiger partial charge in [0.15, 0.2) is 0 Å². The van der Waals surface area contributed by atoms with E-state index in [9.17, 15) is 0 Å². The Hall–Kier alpha value is -3.07. The molecule has 0 aliphatic heterocycles. The number of H-pyrrole nitrogens is 1. The molecule has 0 radical (unpaired) electrons. The zero-order chi connectivity index (χ0) is 15.6. The van der Waals surface area contributed by atoms with E-state index in [1.807, 2.05) is 36.5 Å². The highest BCUT2D eigenvalue weighted by Crippen LogP contribution is 2.32. The Balaban J connectivity index is 1.83. The number of aromatic amines is 1. The van der Waals surface area contributed by atoms with Crippen LogP contribution >= 0.6 is 0 Å². The Morgan fingerprint density at radius 2 is 1.61 bits per heavy atom. The summed E-state index contributed by atoms with van der Waals surface area (Å²) in [6, 6.07) is 22.8. The highest BCUT2D eigenvalue weighted by atomic mass is 16.5. The summed E-state index contributed by atoms with van der Waals surface area (Å²) in [5.41, 5.74) is 4.43. The van der Waals surface area contributed by atoms with Crippen molar-refractivity contribution < 1.29 is 4.74 Å². The molecular weight excluding hydrogens is 284 g/mol. The summed E-state index contributed by atoms with van der Waals surface area (Å²) in [7, 11) is 1.69. The molecule has 0 fully saturated rings. The SMILES string of the molecule is COc1ccc2cc(-c3cn[nH]c3-c3ccccc3)ccc2c1. The molecule has 1 N–H and O–H groups in total. The molecule has 1 heterocycles. The van der Waals surface area contributed by atoms with Crippen LogP contribution in [0.2, 0.25) is 0 Å². The van der Waals surface area contributed by atoms with Crippen LogP contribution in [0.4, 0.5) is 0 Å². The Morgan fingerprint density at radius 3 is 2.43 bits per heavy atom.